The summed E-state index contributed by atoms with van der Waals surface area (Å²) in [6, 6.07) is 8.24. The number of imide groups is 2. The molecule has 2 aromatic rings. The van der Waals surface area contributed by atoms with Crippen molar-refractivity contribution in [3.8, 4) is 23.0 Å². The van der Waals surface area contributed by atoms with Crippen LogP contribution in [0.4, 0.5) is 0 Å². The Morgan fingerprint density at radius 1 is 0.896 bits per heavy atom. The summed E-state index contributed by atoms with van der Waals surface area (Å²) in [5.74, 6) is -3.08. The molecule has 1 fully saturated rings. The molecule has 17 heteroatoms. The number of thiol groups is 1. The fraction of sp³-hybridized carbons (Fsp3) is 0.290. The van der Waals surface area contributed by atoms with Crippen molar-refractivity contribution in [1.29, 1.82) is 0 Å². The first kappa shape index (κ1) is 36.2. The Morgan fingerprint density at radius 3 is 1.90 bits per heavy atom. The number of nitrogens with zero attached hydrogens (tertiary/aromatic N) is 4. The van der Waals surface area contributed by atoms with Gasteiger partial charge in [0.2, 0.25) is 11.8 Å². The molecule has 14 nitrogen and oxygen atoms in total. The number of carbonyl (C=O) groups excluding carboxylic acids is 6. The number of amides is 4. The molecule has 0 aliphatic carbocycles. The first-order chi connectivity index (χ1) is 23.0. The van der Waals surface area contributed by atoms with Crippen molar-refractivity contribution < 1.29 is 48.5 Å². The van der Waals surface area contributed by atoms with Gasteiger partial charge in [0.1, 0.15) is 28.2 Å². The molecule has 2 heterocycles. The van der Waals surface area contributed by atoms with Crippen molar-refractivity contribution >= 4 is 82.2 Å². The maximum absolute atomic E-state index is 12.4. The number of carbonyl (C=O) groups is 6. The fourth-order valence-electron chi connectivity index (χ4n) is 4.40. The van der Waals surface area contributed by atoms with Crippen LogP contribution >= 0.6 is 34.2 Å². The van der Waals surface area contributed by atoms with E-state index in [0.717, 1.165) is 15.9 Å². The molecule has 2 N–H and O–H groups in total. The normalized spacial score (nSPS) is 16.5. The van der Waals surface area contributed by atoms with Gasteiger partial charge < -0.3 is 19.7 Å². The number of phenolic OH excluding ortho intramolecular Hbond substituents is 2. The van der Waals surface area contributed by atoms with Crippen molar-refractivity contribution in [2.24, 2.45) is 9.98 Å². The van der Waals surface area contributed by atoms with Gasteiger partial charge in [-0.05, 0) is 42.7 Å². The Labute approximate surface area is 288 Å². The number of ether oxygens (including phenoxy) is 2. The molecule has 48 heavy (non-hydrogen) atoms. The maximum Gasteiger partial charge on any atom is 0.312 e. The summed E-state index contributed by atoms with van der Waals surface area (Å²) in [4.78, 5) is 83.1. The largest absolute Gasteiger partial charge is 0.507 e. The predicted molar refractivity (Wildman–Crippen MR) is 182 cm³/mol. The van der Waals surface area contributed by atoms with E-state index in [1.807, 2.05) is 6.26 Å². The summed E-state index contributed by atoms with van der Waals surface area (Å²) < 4.78 is 10.6. The van der Waals surface area contributed by atoms with Crippen LogP contribution in [0.25, 0.3) is 0 Å². The van der Waals surface area contributed by atoms with Crippen molar-refractivity contribution in [2.45, 2.75) is 24.5 Å². The fourth-order valence-corrected chi connectivity index (χ4v) is 6.43. The van der Waals surface area contributed by atoms with Crippen LogP contribution in [0.3, 0.4) is 0 Å². The van der Waals surface area contributed by atoms with Crippen LogP contribution in [0.5, 0.6) is 23.0 Å². The number of aromatic hydroxyl groups is 2. The number of rotatable bonds is 15. The van der Waals surface area contributed by atoms with Gasteiger partial charge in [-0.25, -0.2) is 0 Å². The Morgan fingerprint density at radius 2 is 1.42 bits per heavy atom. The predicted octanol–water partition coefficient (Wildman–Crippen LogP) is 2.55. The molecule has 0 aromatic heterocycles. The van der Waals surface area contributed by atoms with Crippen LogP contribution in [0, 0.1) is 0 Å². The summed E-state index contributed by atoms with van der Waals surface area (Å²) in [5, 5.41) is 19.9. The maximum atomic E-state index is 12.4. The molecule has 4 rings (SSSR count). The molecule has 0 bridgehead atoms. The molecular formula is C31H30N4O10S3. The van der Waals surface area contributed by atoms with Crippen molar-refractivity contribution in [1.82, 2.24) is 9.80 Å². The van der Waals surface area contributed by atoms with Crippen LogP contribution in [0.1, 0.15) is 30.4 Å². The molecule has 252 valence electrons. The summed E-state index contributed by atoms with van der Waals surface area (Å²) in [6.07, 6.45) is 5.31. The van der Waals surface area contributed by atoms with E-state index in [1.165, 1.54) is 70.4 Å². The topological polar surface area (TPSA) is 193 Å². The SMILES string of the molecule is CSSC1CC(=O)N(CCC(=O)Oc2ccc(O)c(C=NCCN=Cc3cc(OC(=O)CCN4C(=O)C=C(S)C4=O)ccc3O)c2)C1=O. The van der Waals surface area contributed by atoms with Crippen LogP contribution in [0.15, 0.2) is 57.4 Å². The summed E-state index contributed by atoms with van der Waals surface area (Å²) in [5.41, 5.74) is 0.543. The molecule has 2 aliphatic heterocycles. The Balaban J connectivity index is 1.23. The first-order valence-electron chi connectivity index (χ1n) is 14.3. The second-order valence-corrected chi connectivity index (χ2v) is 13.3. The van der Waals surface area contributed by atoms with E-state index >= 15 is 0 Å². The molecule has 0 radical (unpaired) electrons. The summed E-state index contributed by atoms with van der Waals surface area (Å²) in [6.45, 7) is 0.141. The van der Waals surface area contributed by atoms with Crippen LogP contribution < -0.4 is 9.47 Å². The molecule has 2 aliphatic rings. The van der Waals surface area contributed by atoms with Gasteiger partial charge in [0.15, 0.2) is 0 Å². The van der Waals surface area contributed by atoms with Gasteiger partial charge in [-0.1, -0.05) is 21.6 Å². The van der Waals surface area contributed by atoms with Crippen LogP contribution in [-0.2, 0) is 28.8 Å². The van der Waals surface area contributed by atoms with E-state index in [1.54, 1.807) is 0 Å². The Kier molecular flexibility index (Phi) is 12.8. The number of hydrogen-bond donors (Lipinski definition) is 3. The Hall–Kier alpha value is -4.61. The lowest BCUT2D eigenvalue weighted by atomic mass is 10.2. The van der Waals surface area contributed by atoms with Crippen molar-refractivity contribution in [3.05, 3.63) is 58.5 Å². The van der Waals surface area contributed by atoms with Gasteiger partial charge in [0.05, 0.1) is 30.8 Å². The highest BCUT2D eigenvalue weighted by molar-refractivity contribution is 8.76. The molecule has 1 saturated heterocycles. The number of esters is 2. The summed E-state index contributed by atoms with van der Waals surface area (Å²) >= 11 is 3.91. The zero-order chi connectivity index (χ0) is 34.8. The van der Waals surface area contributed by atoms with E-state index in [2.05, 4.69) is 22.6 Å². The second kappa shape index (κ2) is 17.0. The van der Waals surface area contributed by atoms with Gasteiger partial charge >= 0.3 is 11.9 Å². The van der Waals surface area contributed by atoms with Gasteiger partial charge in [-0.3, -0.25) is 48.6 Å². The highest BCUT2D eigenvalue weighted by Gasteiger charge is 2.39. The highest BCUT2D eigenvalue weighted by atomic mass is 33.1. The smallest absolute Gasteiger partial charge is 0.312 e. The third-order valence-electron chi connectivity index (χ3n) is 6.76. The van der Waals surface area contributed by atoms with Gasteiger partial charge in [-0.2, -0.15) is 0 Å². The number of hydrogen-bond acceptors (Lipinski definition) is 15. The average Bonchev–Trinajstić information content (AvgIpc) is 3.45. The Bertz CT molecular complexity index is 1710. The van der Waals surface area contributed by atoms with Crippen molar-refractivity contribution in [3.63, 3.8) is 0 Å². The number of likely N-dealkylation sites (tertiary alicyclic amines) is 1. The van der Waals surface area contributed by atoms with E-state index in [0.29, 0.717) is 0 Å². The number of aliphatic imine (C=N–C) groups is 2. The van der Waals surface area contributed by atoms with Crippen molar-refractivity contribution in [2.75, 3.05) is 32.4 Å². The molecule has 1 atom stereocenters. The van der Waals surface area contributed by atoms with Gasteiger partial charge in [-0.15, -0.1) is 12.6 Å². The standard InChI is InChI=1S/C31H30N4O10S3/c1-47-48-25-15-27(39)35(31(25)43)11-7-29(41)45-21-3-5-23(37)19(13-21)17-33-9-8-32-16-18-12-20(2-4-22(18)36)44-28(40)6-10-34-26(38)14-24(46)30(34)42/h2-5,12-14,16-17,25,36-37,46H,6-11,15H2,1H3. The monoisotopic (exact) mass is 714 g/mol. The lowest BCUT2D eigenvalue weighted by Crippen LogP contribution is -2.33. The zero-order valence-corrected chi connectivity index (χ0v) is 28.0. The molecule has 2 aromatic carbocycles. The highest BCUT2D eigenvalue weighted by Crippen LogP contribution is 2.32. The molecule has 4 amide bonds. The van der Waals surface area contributed by atoms with E-state index in [4.69, 9.17) is 9.47 Å². The van der Waals surface area contributed by atoms with Crippen LogP contribution in [0.2, 0.25) is 0 Å². The first-order valence-corrected chi connectivity index (χ1v) is 17.4. The van der Waals surface area contributed by atoms with Crippen LogP contribution in [-0.4, -0.2) is 106 Å². The van der Waals surface area contributed by atoms with E-state index < -0.39 is 29.0 Å². The van der Waals surface area contributed by atoms with E-state index in [-0.39, 0.29) is 96.3 Å². The second-order valence-electron chi connectivity index (χ2n) is 10.1. The molecular weight excluding hydrogens is 685 g/mol. The lowest BCUT2D eigenvalue weighted by molar-refractivity contribution is -0.142. The molecule has 1 unspecified atom stereocenters. The van der Waals surface area contributed by atoms with Gasteiger partial charge in [0, 0.05) is 49.1 Å². The molecule has 0 saturated carbocycles. The minimum atomic E-state index is -0.692. The number of phenols is 2. The third-order valence-corrected chi connectivity index (χ3v) is 9.15. The van der Waals surface area contributed by atoms with Gasteiger partial charge in [0.25, 0.3) is 11.8 Å². The minimum absolute atomic E-state index is 0.00294. The minimum Gasteiger partial charge on any atom is -0.507 e. The summed E-state index contributed by atoms with van der Waals surface area (Å²) in [7, 11) is 2.71. The number of benzene rings is 2. The zero-order valence-electron chi connectivity index (χ0n) is 25.4. The average molecular weight is 715 g/mol. The third kappa shape index (κ3) is 9.71. The van der Waals surface area contributed by atoms with E-state index in [9.17, 15) is 39.0 Å². The molecule has 0 spiro atoms. The quantitative estimate of drug-likeness (QED) is 0.0465. The lowest BCUT2D eigenvalue weighted by Gasteiger charge is -2.14.